The average molecular weight is 324 g/mol. The number of para-hydroxylation sites is 1. The van der Waals surface area contributed by atoms with E-state index in [9.17, 15) is 4.79 Å². The first-order chi connectivity index (χ1) is 11.3. The van der Waals surface area contributed by atoms with E-state index in [0.29, 0.717) is 5.13 Å². The van der Waals surface area contributed by atoms with E-state index in [1.165, 1.54) is 16.9 Å². The Labute approximate surface area is 138 Å². The predicted molar refractivity (Wildman–Crippen MR) is 92.8 cm³/mol. The Balaban J connectivity index is 1.52. The molecule has 0 bridgehead atoms. The van der Waals surface area contributed by atoms with Crippen LogP contribution in [0.3, 0.4) is 0 Å². The number of aromatic nitrogens is 2. The first kappa shape index (κ1) is 15.2. The van der Waals surface area contributed by atoms with Gasteiger partial charge in [0.25, 0.3) is 0 Å². The molecular formula is C17H16N4OS. The van der Waals surface area contributed by atoms with Crippen molar-refractivity contribution in [2.45, 2.75) is 12.8 Å². The number of aryl methyl sites for hydroxylation is 2. The van der Waals surface area contributed by atoms with Crippen LogP contribution >= 0.6 is 11.3 Å². The second kappa shape index (κ2) is 7.51. The van der Waals surface area contributed by atoms with Gasteiger partial charge in [-0.3, -0.25) is 5.32 Å². The predicted octanol–water partition coefficient (Wildman–Crippen LogP) is 3.97. The molecule has 2 amide bonds. The molecule has 2 aromatic carbocycles. The van der Waals surface area contributed by atoms with Gasteiger partial charge in [0.2, 0.25) is 5.13 Å². The Kier molecular flexibility index (Phi) is 4.95. The van der Waals surface area contributed by atoms with Gasteiger partial charge in [0.05, 0.1) is 0 Å². The molecule has 0 aliphatic heterocycles. The van der Waals surface area contributed by atoms with Crippen LogP contribution in [0, 0.1) is 0 Å². The van der Waals surface area contributed by atoms with Crippen molar-refractivity contribution in [1.29, 1.82) is 0 Å². The fourth-order valence-corrected chi connectivity index (χ4v) is 2.82. The van der Waals surface area contributed by atoms with Crippen molar-refractivity contribution in [3.05, 3.63) is 71.2 Å². The number of carbonyl (C=O) groups is 1. The van der Waals surface area contributed by atoms with E-state index in [2.05, 4.69) is 33.0 Å². The quantitative estimate of drug-likeness (QED) is 0.746. The third-order valence-electron chi connectivity index (χ3n) is 3.19. The molecule has 0 radical (unpaired) electrons. The summed E-state index contributed by atoms with van der Waals surface area (Å²) < 4.78 is 0. The maximum atomic E-state index is 11.9. The second-order valence-corrected chi connectivity index (χ2v) is 5.99. The molecule has 0 atom stereocenters. The van der Waals surface area contributed by atoms with Crippen molar-refractivity contribution < 1.29 is 4.79 Å². The number of amides is 2. The van der Waals surface area contributed by atoms with Crippen LogP contribution in [-0.4, -0.2) is 16.2 Å². The molecule has 23 heavy (non-hydrogen) atoms. The van der Waals surface area contributed by atoms with Crippen LogP contribution in [0.25, 0.3) is 0 Å². The van der Waals surface area contributed by atoms with E-state index < -0.39 is 0 Å². The summed E-state index contributed by atoms with van der Waals surface area (Å²) in [6, 6.07) is 19.2. The highest BCUT2D eigenvalue weighted by Crippen LogP contribution is 2.17. The lowest BCUT2D eigenvalue weighted by molar-refractivity contribution is 0.262. The zero-order valence-electron chi connectivity index (χ0n) is 12.4. The van der Waals surface area contributed by atoms with Gasteiger partial charge in [0, 0.05) is 12.1 Å². The molecule has 5 nitrogen and oxygen atoms in total. The highest BCUT2D eigenvalue weighted by atomic mass is 32.1. The zero-order chi connectivity index (χ0) is 15.9. The maximum Gasteiger partial charge on any atom is 0.325 e. The fraction of sp³-hybridized carbons (Fsp3) is 0.118. The van der Waals surface area contributed by atoms with Gasteiger partial charge in [-0.25, -0.2) is 4.79 Å². The van der Waals surface area contributed by atoms with E-state index >= 15 is 0 Å². The Morgan fingerprint density at radius 3 is 2.30 bits per heavy atom. The molecule has 0 unspecified atom stereocenters. The van der Waals surface area contributed by atoms with Gasteiger partial charge in [0.1, 0.15) is 5.01 Å². The van der Waals surface area contributed by atoms with Crippen LogP contribution < -0.4 is 10.6 Å². The van der Waals surface area contributed by atoms with Gasteiger partial charge in [-0.1, -0.05) is 59.9 Å². The Morgan fingerprint density at radius 1 is 0.870 bits per heavy atom. The van der Waals surface area contributed by atoms with Crippen molar-refractivity contribution in [3.8, 4) is 0 Å². The van der Waals surface area contributed by atoms with Gasteiger partial charge >= 0.3 is 6.03 Å². The van der Waals surface area contributed by atoms with E-state index in [-0.39, 0.29) is 6.03 Å². The van der Waals surface area contributed by atoms with Crippen molar-refractivity contribution in [2.24, 2.45) is 0 Å². The number of rotatable bonds is 5. The zero-order valence-corrected chi connectivity index (χ0v) is 13.2. The topological polar surface area (TPSA) is 66.9 Å². The number of nitrogens with one attached hydrogen (secondary N) is 2. The molecule has 1 heterocycles. The first-order valence-electron chi connectivity index (χ1n) is 7.29. The minimum absolute atomic E-state index is 0.318. The smallest absolute Gasteiger partial charge is 0.308 e. The van der Waals surface area contributed by atoms with Crippen molar-refractivity contribution in [3.63, 3.8) is 0 Å². The molecule has 0 saturated carbocycles. The molecule has 116 valence electrons. The highest BCUT2D eigenvalue weighted by molar-refractivity contribution is 7.15. The lowest BCUT2D eigenvalue weighted by atomic mass is 10.1. The van der Waals surface area contributed by atoms with Crippen LogP contribution in [0.15, 0.2) is 60.7 Å². The molecule has 0 fully saturated rings. The van der Waals surface area contributed by atoms with Crippen LogP contribution in [0.1, 0.15) is 10.6 Å². The summed E-state index contributed by atoms with van der Waals surface area (Å²) in [5, 5.41) is 15.0. The molecule has 1 aromatic heterocycles. The van der Waals surface area contributed by atoms with E-state index in [1.807, 2.05) is 48.5 Å². The average Bonchev–Trinajstić information content (AvgIpc) is 3.02. The van der Waals surface area contributed by atoms with Gasteiger partial charge < -0.3 is 5.32 Å². The maximum absolute atomic E-state index is 11.9. The summed E-state index contributed by atoms with van der Waals surface area (Å²) in [5.74, 6) is 0. The molecule has 0 aliphatic carbocycles. The van der Waals surface area contributed by atoms with Gasteiger partial charge in [0.15, 0.2) is 0 Å². The monoisotopic (exact) mass is 324 g/mol. The number of nitrogens with zero attached hydrogens (tertiary/aromatic N) is 2. The summed E-state index contributed by atoms with van der Waals surface area (Å²) in [6.45, 7) is 0. The van der Waals surface area contributed by atoms with Crippen molar-refractivity contribution >= 4 is 28.2 Å². The fourth-order valence-electron chi connectivity index (χ4n) is 2.08. The SMILES string of the molecule is O=C(Nc1ccccc1)Nc1nnc(CCc2ccccc2)s1. The molecule has 6 heteroatoms. The van der Waals surface area contributed by atoms with Gasteiger partial charge in [-0.05, 0) is 24.1 Å². The molecule has 2 N–H and O–H groups in total. The molecule has 3 rings (SSSR count). The van der Waals surface area contributed by atoms with E-state index in [1.54, 1.807) is 0 Å². The summed E-state index contributed by atoms with van der Waals surface area (Å²) in [6.07, 6.45) is 1.72. The third kappa shape index (κ3) is 4.62. The van der Waals surface area contributed by atoms with Gasteiger partial charge in [-0.15, -0.1) is 10.2 Å². The summed E-state index contributed by atoms with van der Waals surface area (Å²) >= 11 is 1.40. The molecule has 0 aliphatic rings. The highest BCUT2D eigenvalue weighted by Gasteiger charge is 2.08. The number of carbonyl (C=O) groups excluding carboxylic acids is 1. The van der Waals surface area contributed by atoms with E-state index in [0.717, 1.165) is 23.5 Å². The Morgan fingerprint density at radius 2 is 1.57 bits per heavy atom. The Hall–Kier alpha value is -2.73. The third-order valence-corrected chi connectivity index (χ3v) is 4.09. The minimum Gasteiger partial charge on any atom is -0.308 e. The summed E-state index contributed by atoms with van der Waals surface area (Å²) in [7, 11) is 0. The summed E-state index contributed by atoms with van der Waals surface area (Å²) in [5.41, 5.74) is 2.00. The Bertz CT molecular complexity index is 759. The number of hydrogen-bond donors (Lipinski definition) is 2. The first-order valence-corrected chi connectivity index (χ1v) is 8.10. The number of anilines is 2. The summed E-state index contributed by atoms with van der Waals surface area (Å²) in [4.78, 5) is 11.9. The number of urea groups is 1. The van der Waals surface area contributed by atoms with Crippen LogP contribution in [0.2, 0.25) is 0 Å². The van der Waals surface area contributed by atoms with Crippen LogP contribution in [0.4, 0.5) is 15.6 Å². The molecule has 3 aromatic rings. The number of hydrogen-bond acceptors (Lipinski definition) is 4. The van der Waals surface area contributed by atoms with Crippen molar-refractivity contribution in [2.75, 3.05) is 10.6 Å². The second-order valence-electron chi connectivity index (χ2n) is 4.93. The normalized spacial score (nSPS) is 10.3. The van der Waals surface area contributed by atoms with Crippen molar-refractivity contribution in [1.82, 2.24) is 10.2 Å². The molecular weight excluding hydrogens is 308 g/mol. The molecule has 0 spiro atoms. The number of benzene rings is 2. The molecule has 0 saturated heterocycles. The van der Waals surface area contributed by atoms with E-state index in [4.69, 9.17) is 0 Å². The van der Waals surface area contributed by atoms with Gasteiger partial charge in [-0.2, -0.15) is 0 Å². The van der Waals surface area contributed by atoms with Crippen LogP contribution in [-0.2, 0) is 12.8 Å². The lowest BCUT2D eigenvalue weighted by Crippen LogP contribution is -2.19. The lowest BCUT2D eigenvalue weighted by Gasteiger charge is -2.03. The van der Waals surface area contributed by atoms with Crippen LogP contribution in [0.5, 0.6) is 0 Å². The minimum atomic E-state index is -0.318. The standard InChI is InChI=1S/C17H16N4OS/c22-16(18-14-9-5-2-6-10-14)19-17-21-20-15(23-17)12-11-13-7-3-1-4-8-13/h1-10H,11-12H2,(H2,18,19,21,22). The largest absolute Gasteiger partial charge is 0.325 e.